The number of fused-ring (bicyclic) bond motifs is 1. The highest BCUT2D eigenvalue weighted by molar-refractivity contribution is 9.08. The van der Waals surface area contributed by atoms with Crippen LogP contribution in [0.5, 0.6) is 0 Å². The minimum atomic E-state index is -0.306. The van der Waals surface area contributed by atoms with E-state index >= 15 is 0 Å². The van der Waals surface area contributed by atoms with Crippen LogP contribution in [0.4, 0.5) is 10.1 Å². The number of aromatic nitrogens is 2. The monoisotopic (exact) mass is 323 g/mol. The highest BCUT2D eigenvalue weighted by atomic mass is 79.9. The van der Waals surface area contributed by atoms with E-state index in [1.807, 2.05) is 0 Å². The van der Waals surface area contributed by atoms with E-state index in [-0.39, 0.29) is 11.7 Å². The van der Waals surface area contributed by atoms with Crippen molar-refractivity contribution in [1.82, 2.24) is 9.78 Å². The fraction of sp³-hybridized carbons (Fsp3) is 0.231. The van der Waals surface area contributed by atoms with Crippen LogP contribution in [0.2, 0.25) is 0 Å². The van der Waals surface area contributed by atoms with Crippen molar-refractivity contribution >= 4 is 27.5 Å². The van der Waals surface area contributed by atoms with Gasteiger partial charge in [0.2, 0.25) is 0 Å². The molecule has 0 saturated heterocycles. The SMILES string of the molecule is O=C1c2cc(CBr)nn2CCN1c1ccc(F)cc1. The molecule has 0 saturated carbocycles. The normalized spacial score (nSPS) is 14.6. The van der Waals surface area contributed by atoms with E-state index in [9.17, 15) is 9.18 Å². The third-order valence-corrected chi connectivity index (χ3v) is 3.68. The molecule has 4 nitrogen and oxygen atoms in total. The fourth-order valence-electron chi connectivity index (χ4n) is 2.18. The number of anilines is 1. The van der Waals surface area contributed by atoms with Gasteiger partial charge in [0.1, 0.15) is 11.5 Å². The van der Waals surface area contributed by atoms with E-state index < -0.39 is 0 Å². The lowest BCUT2D eigenvalue weighted by molar-refractivity contribution is 0.0962. The third kappa shape index (κ3) is 2.16. The molecule has 0 bridgehead atoms. The summed E-state index contributed by atoms with van der Waals surface area (Å²) in [5.41, 5.74) is 2.12. The number of hydrogen-bond donors (Lipinski definition) is 0. The summed E-state index contributed by atoms with van der Waals surface area (Å²) in [4.78, 5) is 14.0. The van der Waals surface area contributed by atoms with E-state index in [1.165, 1.54) is 12.1 Å². The molecular formula is C13H11BrFN3O. The first-order valence-electron chi connectivity index (χ1n) is 5.89. The zero-order valence-electron chi connectivity index (χ0n) is 10.0. The third-order valence-electron chi connectivity index (χ3n) is 3.11. The van der Waals surface area contributed by atoms with Crippen molar-refractivity contribution < 1.29 is 9.18 Å². The Morgan fingerprint density at radius 3 is 2.68 bits per heavy atom. The lowest BCUT2D eigenvalue weighted by atomic mass is 10.2. The van der Waals surface area contributed by atoms with E-state index in [0.717, 1.165) is 5.69 Å². The minimum Gasteiger partial charge on any atom is -0.305 e. The summed E-state index contributed by atoms with van der Waals surface area (Å²) in [6, 6.07) is 7.74. The van der Waals surface area contributed by atoms with Gasteiger partial charge in [0.15, 0.2) is 0 Å². The Hall–Kier alpha value is -1.69. The van der Waals surface area contributed by atoms with Crippen LogP contribution in [0.1, 0.15) is 16.2 Å². The van der Waals surface area contributed by atoms with Crippen molar-refractivity contribution in [2.24, 2.45) is 0 Å². The molecule has 0 atom stereocenters. The van der Waals surface area contributed by atoms with Gasteiger partial charge in [-0.25, -0.2) is 4.39 Å². The molecule has 0 aliphatic carbocycles. The average molecular weight is 324 g/mol. The summed E-state index contributed by atoms with van der Waals surface area (Å²) in [5.74, 6) is -0.405. The predicted molar refractivity (Wildman–Crippen MR) is 72.9 cm³/mol. The summed E-state index contributed by atoms with van der Waals surface area (Å²) in [6.45, 7) is 1.19. The van der Waals surface area contributed by atoms with Crippen molar-refractivity contribution in [2.45, 2.75) is 11.9 Å². The second-order valence-electron chi connectivity index (χ2n) is 4.31. The van der Waals surface area contributed by atoms with Crippen LogP contribution in [-0.4, -0.2) is 22.2 Å². The lowest BCUT2D eigenvalue weighted by Gasteiger charge is -2.27. The predicted octanol–water partition coefficient (Wildman–Crippen LogP) is 2.58. The van der Waals surface area contributed by atoms with Crippen LogP contribution >= 0.6 is 15.9 Å². The molecule has 1 aliphatic rings. The maximum Gasteiger partial charge on any atom is 0.276 e. The zero-order valence-corrected chi connectivity index (χ0v) is 11.6. The fourth-order valence-corrected chi connectivity index (χ4v) is 2.45. The van der Waals surface area contributed by atoms with Gasteiger partial charge in [0.05, 0.1) is 12.2 Å². The molecule has 1 amide bonds. The summed E-state index contributed by atoms with van der Waals surface area (Å²) >= 11 is 3.33. The number of amides is 1. The number of rotatable bonds is 2. The number of hydrogen-bond acceptors (Lipinski definition) is 2. The molecule has 0 radical (unpaired) electrons. The van der Waals surface area contributed by atoms with Crippen LogP contribution in [0, 0.1) is 5.82 Å². The van der Waals surface area contributed by atoms with Gasteiger partial charge >= 0.3 is 0 Å². The van der Waals surface area contributed by atoms with Crippen molar-refractivity contribution in [1.29, 1.82) is 0 Å². The Morgan fingerprint density at radius 2 is 2.00 bits per heavy atom. The smallest absolute Gasteiger partial charge is 0.276 e. The maximum absolute atomic E-state index is 12.9. The second-order valence-corrected chi connectivity index (χ2v) is 4.87. The number of alkyl halides is 1. The van der Waals surface area contributed by atoms with Gasteiger partial charge in [-0.05, 0) is 30.3 Å². The Balaban J connectivity index is 1.94. The Labute approximate surface area is 118 Å². The first-order valence-corrected chi connectivity index (χ1v) is 7.01. The van der Waals surface area contributed by atoms with Crippen LogP contribution < -0.4 is 4.90 Å². The van der Waals surface area contributed by atoms with Gasteiger partial charge in [-0.3, -0.25) is 9.48 Å². The molecule has 2 heterocycles. The summed E-state index contributed by atoms with van der Waals surface area (Å²) in [7, 11) is 0. The van der Waals surface area contributed by atoms with E-state index in [1.54, 1.807) is 27.8 Å². The molecule has 19 heavy (non-hydrogen) atoms. The quantitative estimate of drug-likeness (QED) is 0.797. The van der Waals surface area contributed by atoms with Gasteiger partial charge in [-0.15, -0.1) is 0 Å². The van der Waals surface area contributed by atoms with Crippen LogP contribution in [0.25, 0.3) is 0 Å². The van der Waals surface area contributed by atoms with Gasteiger partial charge in [0, 0.05) is 17.6 Å². The molecule has 0 fully saturated rings. The van der Waals surface area contributed by atoms with Gasteiger partial charge < -0.3 is 4.90 Å². The molecule has 0 N–H and O–H groups in total. The first kappa shape index (κ1) is 12.3. The standard InChI is InChI=1S/C13H11BrFN3O/c14-8-10-7-12-13(19)17(5-6-18(12)16-10)11-3-1-9(15)2-4-11/h1-4,7H,5-6,8H2. The van der Waals surface area contributed by atoms with E-state index in [0.29, 0.717) is 29.8 Å². The Bertz CT molecular complexity index is 623. The highest BCUT2D eigenvalue weighted by Gasteiger charge is 2.27. The molecule has 1 aromatic heterocycles. The van der Waals surface area contributed by atoms with Crippen LogP contribution in [-0.2, 0) is 11.9 Å². The zero-order chi connectivity index (χ0) is 13.4. The first-order chi connectivity index (χ1) is 9.19. The molecule has 1 aliphatic heterocycles. The van der Waals surface area contributed by atoms with Crippen molar-refractivity contribution in [3.8, 4) is 0 Å². The molecule has 3 rings (SSSR count). The van der Waals surface area contributed by atoms with Gasteiger partial charge in [0.25, 0.3) is 5.91 Å². The van der Waals surface area contributed by atoms with Gasteiger partial charge in [-0.2, -0.15) is 5.10 Å². The largest absolute Gasteiger partial charge is 0.305 e. The van der Waals surface area contributed by atoms with E-state index in [2.05, 4.69) is 21.0 Å². The topological polar surface area (TPSA) is 38.1 Å². The van der Waals surface area contributed by atoms with Crippen molar-refractivity contribution in [2.75, 3.05) is 11.4 Å². The van der Waals surface area contributed by atoms with Crippen LogP contribution in [0.3, 0.4) is 0 Å². The summed E-state index contributed by atoms with van der Waals surface area (Å²) in [5, 5.41) is 4.95. The maximum atomic E-state index is 12.9. The average Bonchev–Trinajstić information content (AvgIpc) is 2.85. The molecule has 0 spiro atoms. The molecule has 6 heteroatoms. The second kappa shape index (κ2) is 4.77. The number of benzene rings is 1. The number of carbonyl (C=O) groups is 1. The molecule has 1 aromatic carbocycles. The van der Waals surface area contributed by atoms with Crippen molar-refractivity contribution in [3.63, 3.8) is 0 Å². The lowest BCUT2D eigenvalue weighted by Crippen LogP contribution is -2.40. The number of halogens is 2. The summed E-state index contributed by atoms with van der Waals surface area (Å²) in [6.07, 6.45) is 0. The number of nitrogens with zero attached hydrogens (tertiary/aromatic N) is 3. The van der Waals surface area contributed by atoms with Gasteiger partial charge in [-0.1, -0.05) is 15.9 Å². The highest BCUT2D eigenvalue weighted by Crippen LogP contribution is 2.22. The molecule has 0 unspecified atom stereocenters. The number of carbonyl (C=O) groups excluding carboxylic acids is 1. The Kier molecular flexibility index (Phi) is 3.10. The molecule has 98 valence electrons. The molecule has 2 aromatic rings. The van der Waals surface area contributed by atoms with Crippen LogP contribution in [0.15, 0.2) is 30.3 Å². The Morgan fingerprint density at radius 1 is 1.26 bits per heavy atom. The summed E-state index contributed by atoms with van der Waals surface area (Å²) < 4.78 is 14.6. The molecular weight excluding hydrogens is 313 g/mol. The van der Waals surface area contributed by atoms with Crippen molar-refractivity contribution in [3.05, 3.63) is 47.5 Å². The van der Waals surface area contributed by atoms with E-state index in [4.69, 9.17) is 0 Å². The minimum absolute atomic E-state index is 0.0995.